The first-order chi connectivity index (χ1) is 8.86. The predicted octanol–water partition coefficient (Wildman–Crippen LogP) is 0.897. The Kier molecular flexibility index (Phi) is 5.34. The number of ketones is 1. The number of hydrogen-bond donors (Lipinski definition) is 0. The maximum Gasteiger partial charge on any atom is 0.454 e. The Morgan fingerprint density at radius 1 is 1.32 bits per heavy atom. The maximum absolute atomic E-state index is 12.2. The van der Waals surface area contributed by atoms with Gasteiger partial charge in [0.1, 0.15) is 5.70 Å². The van der Waals surface area contributed by atoms with E-state index in [0.29, 0.717) is 0 Å². The summed E-state index contributed by atoms with van der Waals surface area (Å²) in [6.07, 6.45) is -4.73. The molecule has 1 heterocycles. The van der Waals surface area contributed by atoms with E-state index in [2.05, 4.69) is 4.74 Å². The van der Waals surface area contributed by atoms with Crippen molar-refractivity contribution in [2.75, 3.05) is 32.9 Å². The van der Waals surface area contributed by atoms with Crippen LogP contribution < -0.4 is 0 Å². The number of ether oxygens (including phenoxy) is 2. The lowest BCUT2D eigenvalue weighted by molar-refractivity contribution is -0.165. The fraction of sp³-hybridized carbons (Fsp3) is 0.636. The van der Waals surface area contributed by atoms with Gasteiger partial charge < -0.3 is 14.4 Å². The average molecular weight is 281 g/mol. The van der Waals surface area contributed by atoms with Crippen molar-refractivity contribution in [3.8, 4) is 0 Å². The molecule has 0 N–H and O–H groups in total. The molecule has 0 aliphatic carbocycles. The van der Waals surface area contributed by atoms with Crippen LogP contribution in [0.3, 0.4) is 0 Å². The summed E-state index contributed by atoms with van der Waals surface area (Å²) in [5.41, 5.74) is -0.382. The number of alkyl halides is 3. The van der Waals surface area contributed by atoms with Gasteiger partial charge in [-0.3, -0.25) is 4.79 Å². The molecular weight excluding hydrogens is 267 g/mol. The minimum atomic E-state index is -5.01. The smallest absolute Gasteiger partial charge is 0.454 e. The molecule has 0 amide bonds. The van der Waals surface area contributed by atoms with Crippen molar-refractivity contribution < 1.29 is 32.2 Å². The summed E-state index contributed by atoms with van der Waals surface area (Å²) in [5.74, 6) is -3.02. The zero-order chi connectivity index (χ0) is 14.5. The zero-order valence-electron chi connectivity index (χ0n) is 10.3. The van der Waals surface area contributed by atoms with Crippen LogP contribution >= 0.6 is 0 Å². The Balaban J connectivity index is 2.94. The number of halogens is 3. The van der Waals surface area contributed by atoms with E-state index in [-0.39, 0.29) is 44.7 Å². The molecule has 1 rings (SSSR count). The van der Waals surface area contributed by atoms with Crippen molar-refractivity contribution in [2.45, 2.75) is 13.1 Å². The molecule has 0 radical (unpaired) electrons. The second-order valence-electron chi connectivity index (χ2n) is 3.71. The van der Waals surface area contributed by atoms with Crippen LogP contribution in [0.5, 0.6) is 0 Å². The van der Waals surface area contributed by atoms with E-state index in [9.17, 15) is 22.8 Å². The molecule has 8 heteroatoms. The lowest BCUT2D eigenvalue weighted by Crippen LogP contribution is -2.39. The number of carbonyl (C=O) groups is 2. The van der Waals surface area contributed by atoms with Crippen LogP contribution in [-0.4, -0.2) is 55.7 Å². The van der Waals surface area contributed by atoms with Gasteiger partial charge in [0.25, 0.3) is 5.78 Å². The van der Waals surface area contributed by atoms with Gasteiger partial charge in [0.05, 0.1) is 19.8 Å². The van der Waals surface area contributed by atoms with E-state index in [4.69, 9.17) is 4.74 Å². The Morgan fingerprint density at radius 2 is 1.89 bits per heavy atom. The fourth-order valence-electron chi connectivity index (χ4n) is 1.49. The number of hydrogen-bond acceptors (Lipinski definition) is 5. The highest BCUT2D eigenvalue weighted by atomic mass is 19.4. The summed E-state index contributed by atoms with van der Waals surface area (Å²) < 4.78 is 46.4. The van der Waals surface area contributed by atoms with E-state index >= 15 is 0 Å². The third-order valence-electron chi connectivity index (χ3n) is 2.38. The lowest BCUT2D eigenvalue weighted by Gasteiger charge is -2.29. The van der Waals surface area contributed by atoms with Gasteiger partial charge in [-0.15, -0.1) is 0 Å². The molecule has 0 aromatic carbocycles. The van der Waals surface area contributed by atoms with Gasteiger partial charge in [-0.25, -0.2) is 4.79 Å². The Labute approximate surface area is 107 Å². The topological polar surface area (TPSA) is 55.8 Å². The Hall–Kier alpha value is -1.57. The van der Waals surface area contributed by atoms with Crippen LogP contribution in [-0.2, 0) is 19.1 Å². The second-order valence-corrected chi connectivity index (χ2v) is 3.71. The van der Waals surface area contributed by atoms with Gasteiger partial charge in [0.2, 0.25) is 0 Å². The first-order valence-electron chi connectivity index (χ1n) is 5.69. The van der Waals surface area contributed by atoms with Crippen molar-refractivity contribution in [1.29, 1.82) is 0 Å². The van der Waals surface area contributed by atoms with Crippen LogP contribution in [0.25, 0.3) is 0 Å². The first kappa shape index (κ1) is 15.5. The van der Waals surface area contributed by atoms with Gasteiger partial charge in [0, 0.05) is 19.2 Å². The zero-order valence-corrected chi connectivity index (χ0v) is 10.3. The highest BCUT2D eigenvalue weighted by Crippen LogP contribution is 2.19. The fourth-order valence-corrected chi connectivity index (χ4v) is 1.49. The van der Waals surface area contributed by atoms with Crippen LogP contribution in [0, 0.1) is 0 Å². The standard InChI is InChI=1S/C11H14F3NO4/c1-2-19-10(17)8(7-9(16)11(12,13)14)15-3-5-18-6-4-15/h7H,2-6H2,1H3/b8-7-. The number of morpholine rings is 1. The summed E-state index contributed by atoms with van der Waals surface area (Å²) in [6, 6.07) is 0. The molecule has 5 nitrogen and oxygen atoms in total. The molecular formula is C11H14F3NO4. The summed E-state index contributed by atoms with van der Waals surface area (Å²) in [5, 5.41) is 0. The molecule has 0 unspecified atom stereocenters. The van der Waals surface area contributed by atoms with Crippen LogP contribution in [0.4, 0.5) is 13.2 Å². The maximum atomic E-state index is 12.2. The minimum absolute atomic E-state index is 0.0146. The SMILES string of the molecule is CCOC(=O)/C(=C/C(=O)C(F)(F)F)N1CCOCC1. The van der Waals surface area contributed by atoms with Crippen LogP contribution in [0.2, 0.25) is 0 Å². The van der Waals surface area contributed by atoms with Gasteiger partial charge >= 0.3 is 12.1 Å². The number of esters is 1. The van der Waals surface area contributed by atoms with E-state index in [1.165, 1.54) is 11.8 Å². The molecule has 108 valence electrons. The molecule has 0 atom stereocenters. The summed E-state index contributed by atoms with van der Waals surface area (Å²) in [7, 11) is 0. The number of allylic oxidation sites excluding steroid dienone is 1. The molecule has 0 spiro atoms. The molecule has 19 heavy (non-hydrogen) atoms. The normalized spacial score (nSPS) is 17.3. The van der Waals surface area contributed by atoms with E-state index in [0.717, 1.165) is 0 Å². The highest BCUT2D eigenvalue weighted by Gasteiger charge is 2.38. The van der Waals surface area contributed by atoms with Crippen molar-refractivity contribution in [3.63, 3.8) is 0 Å². The number of nitrogens with zero attached hydrogens (tertiary/aromatic N) is 1. The largest absolute Gasteiger partial charge is 0.461 e. The van der Waals surface area contributed by atoms with Gasteiger partial charge in [0.15, 0.2) is 0 Å². The van der Waals surface area contributed by atoms with Crippen molar-refractivity contribution in [3.05, 3.63) is 11.8 Å². The van der Waals surface area contributed by atoms with E-state index < -0.39 is 17.9 Å². The first-order valence-corrected chi connectivity index (χ1v) is 5.69. The summed E-state index contributed by atoms with van der Waals surface area (Å²) >= 11 is 0. The van der Waals surface area contributed by atoms with Crippen molar-refractivity contribution in [1.82, 2.24) is 4.90 Å². The molecule has 0 saturated carbocycles. The summed E-state index contributed by atoms with van der Waals surface area (Å²) in [6.45, 7) is 2.56. The monoisotopic (exact) mass is 281 g/mol. The Bertz CT molecular complexity index is 373. The molecule has 1 aliphatic rings. The van der Waals surface area contributed by atoms with Crippen molar-refractivity contribution in [2.24, 2.45) is 0 Å². The predicted molar refractivity (Wildman–Crippen MR) is 58.2 cm³/mol. The highest BCUT2D eigenvalue weighted by molar-refractivity contribution is 6.01. The average Bonchev–Trinajstić information content (AvgIpc) is 2.35. The third kappa shape index (κ3) is 4.55. The molecule has 1 saturated heterocycles. The third-order valence-corrected chi connectivity index (χ3v) is 2.38. The molecule has 0 bridgehead atoms. The Morgan fingerprint density at radius 3 is 2.37 bits per heavy atom. The van der Waals surface area contributed by atoms with Gasteiger partial charge in [-0.1, -0.05) is 0 Å². The molecule has 0 aromatic heterocycles. The second kappa shape index (κ2) is 6.55. The quantitative estimate of drug-likeness (QED) is 0.566. The van der Waals surface area contributed by atoms with Crippen molar-refractivity contribution >= 4 is 11.8 Å². The minimum Gasteiger partial charge on any atom is -0.461 e. The molecule has 1 aliphatic heterocycles. The number of rotatable bonds is 4. The molecule has 1 fully saturated rings. The van der Waals surface area contributed by atoms with E-state index in [1.807, 2.05) is 0 Å². The summed E-state index contributed by atoms with van der Waals surface area (Å²) in [4.78, 5) is 23.9. The van der Waals surface area contributed by atoms with Crippen LogP contribution in [0.1, 0.15) is 6.92 Å². The van der Waals surface area contributed by atoms with E-state index in [1.54, 1.807) is 0 Å². The molecule has 0 aromatic rings. The van der Waals surface area contributed by atoms with Gasteiger partial charge in [-0.2, -0.15) is 13.2 Å². The van der Waals surface area contributed by atoms with Gasteiger partial charge in [-0.05, 0) is 6.92 Å². The lowest BCUT2D eigenvalue weighted by atomic mass is 10.2. The van der Waals surface area contributed by atoms with Crippen LogP contribution in [0.15, 0.2) is 11.8 Å². The number of carbonyl (C=O) groups excluding carboxylic acids is 2.